The van der Waals surface area contributed by atoms with Gasteiger partial charge in [-0.25, -0.2) is 0 Å². The van der Waals surface area contributed by atoms with E-state index in [1.54, 1.807) is 24.3 Å². The SMILES string of the molecule is CN(C)c1ccc([C@H](CNC(=O)c2ccc(Cl)cc2)[NH+]2CCOCC2)cc1. The van der Waals surface area contributed by atoms with E-state index in [-0.39, 0.29) is 11.9 Å². The van der Waals surface area contributed by atoms with Crippen molar-refractivity contribution in [2.24, 2.45) is 0 Å². The van der Waals surface area contributed by atoms with Gasteiger partial charge in [-0.3, -0.25) is 4.79 Å². The number of morpholine rings is 1. The zero-order valence-electron chi connectivity index (χ0n) is 15.9. The summed E-state index contributed by atoms with van der Waals surface area (Å²) in [6, 6.07) is 15.8. The van der Waals surface area contributed by atoms with Crippen LogP contribution in [0.25, 0.3) is 0 Å². The van der Waals surface area contributed by atoms with Crippen molar-refractivity contribution in [1.29, 1.82) is 0 Å². The Bertz CT molecular complexity index is 741. The number of amides is 1. The molecular formula is C21H27ClN3O2+. The Hall–Kier alpha value is -2.08. The number of benzene rings is 2. The van der Waals surface area contributed by atoms with Gasteiger partial charge in [-0.05, 0) is 36.4 Å². The smallest absolute Gasteiger partial charge is 0.251 e. The molecule has 2 aromatic rings. The number of hydrogen-bond donors (Lipinski definition) is 2. The summed E-state index contributed by atoms with van der Waals surface area (Å²) >= 11 is 5.91. The lowest BCUT2D eigenvalue weighted by Crippen LogP contribution is -3.15. The molecule has 0 radical (unpaired) electrons. The third kappa shape index (κ3) is 5.22. The molecule has 0 bridgehead atoms. The van der Waals surface area contributed by atoms with Crippen molar-refractivity contribution in [1.82, 2.24) is 5.32 Å². The molecule has 144 valence electrons. The summed E-state index contributed by atoms with van der Waals surface area (Å²) in [5.41, 5.74) is 3.02. The topological polar surface area (TPSA) is 46.0 Å². The van der Waals surface area contributed by atoms with Crippen LogP contribution in [0.1, 0.15) is 22.0 Å². The van der Waals surface area contributed by atoms with Crippen molar-refractivity contribution in [3.8, 4) is 0 Å². The minimum atomic E-state index is -0.0748. The average molecular weight is 389 g/mol. The second kappa shape index (κ2) is 9.22. The van der Waals surface area contributed by atoms with E-state index >= 15 is 0 Å². The van der Waals surface area contributed by atoms with Gasteiger partial charge in [0.05, 0.1) is 19.8 Å². The minimum absolute atomic E-state index is 0.0748. The van der Waals surface area contributed by atoms with Gasteiger partial charge in [0.1, 0.15) is 19.1 Å². The fourth-order valence-electron chi connectivity index (χ4n) is 3.38. The number of carbonyl (C=O) groups is 1. The molecule has 0 spiro atoms. The number of quaternary nitrogens is 1. The van der Waals surface area contributed by atoms with Gasteiger partial charge in [0.25, 0.3) is 5.91 Å². The molecule has 2 N–H and O–H groups in total. The van der Waals surface area contributed by atoms with Crippen LogP contribution in [0.2, 0.25) is 5.02 Å². The van der Waals surface area contributed by atoms with Crippen LogP contribution >= 0.6 is 11.6 Å². The first-order valence-corrected chi connectivity index (χ1v) is 9.66. The monoisotopic (exact) mass is 388 g/mol. The fourth-order valence-corrected chi connectivity index (χ4v) is 3.51. The number of nitrogens with one attached hydrogen (secondary N) is 2. The molecule has 3 rings (SSSR count). The summed E-state index contributed by atoms with van der Waals surface area (Å²) in [6.45, 7) is 3.98. The lowest BCUT2D eigenvalue weighted by molar-refractivity contribution is -0.937. The van der Waals surface area contributed by atoms with Crippen LogP contribution in [0.3, 0.4) is 0 Å². The number of rotatable bonds is 6. The van der Waals surface area contributed by atoms with Crippen molar-refractivity contribution >= 4 is 23.2 Å². The van der Waals surface area contributed by atoms with Gasteiger partial charge in [-0.1, -0.05) is 23.7 Å². The van der Waals surface area contributed by atoms with Crippen LogP contribution < -0.4 is 15.1 Å². The lowest BCUT2D eigenvalue weighted by atomic mass is 10.0. The summed E-state index contributed by atoms with van der Waals surface area (Å²) in [5, 5.41) is 3.73. The molecular weight excluding hydrogens is 362 g/mol. The van der Waals surface area contributed by atoms with Crippen LogP contribution in [-0.4, -0.2) is 52.9 Å². The molecule has 1 amide bonds. The summed E-state index contributed by atoms with van der Waals surface area (Å²) in [5.74, 6) is -0.0748. The van der Waals surface area contributed by atoms with Crippen molar-refractivity contribution < 1.29 is 14.4 Å². The van der Waals surface area contributed by atoms with Crippen molar-refractivity contribution in [2.45, 2.75) is 6.04 Å². The van der Waals surface area contributed by atoms with Gasteiger partial charge in [0.2, 0.25) is 0 Å². The van der Waals surface area contributed by atoms with E-state index in [9.17, 15) is 4.79 Å². The maximum absolute atomic E-state index is 12.5. The van der Waals surface area contributed by atoms with Crippen molar-refractivity contribution in [3.63, 3.8) is 0 Å². The summed E-state index contributed by atoms with van der Waals surface area (Å²) in [4.78, 5) is 16.0. The Balaban J connectivity index is 1.73. The molecule has 1 atom stereocenters. The number of ether oxygens (including phenoxy) is 1. The third-order valence-corrected chi connectivity index (χ3v) is 5.26. The minimum Gasteiger partial charge on any atom is -0.378 e. The number of hydrogen-bond acceptors (Lipinski definition) is 3. The quantitative estimate of drug-likeness (QED) is 0.793. The molecule has 0 aliphatic carbocycles. The van der Waals surface area contributed by atoms with E-state index in [2.05, 4.69) is 34.5 Å². The highest BCUT2D eigenvalue weighted by Crippen LogP contribution is 2.17. The second-order valence-electron chi connectivity index (χ2n) is 7.03. The van der Waals surface area contributed by atoms with Crippen LogP contribution in [0.5, 0.6) is 0 Å². The Morgan fingerprint density at radius 3 is 2.33 bits per heavy atom. The van der Waals surface area contributed by atoms with E-state index in [0.717, 1.165) is 26.3 Å². The summed E-state index contributed by atoms with van der Waals surface area (Å²) in [7, 11) is 4.07. The highest BCUT2D eigenvalue weighted by molar-refractivity contribution is 6.30. The number of anilines is 1. The first kappa shape index (κ1) is 19.7. The standard InChI is InChI=1S/C21H26ClN3O2/c1-24(2)19-9-5-16(6-10-19)20(25-11-13-27-14-12-25)15-23-21(26)17-3-7-18(22)8-4-17/h3-10,20H,11-15H2,1-2H3,(H,23,26)/p+1/t20-/m0/s1. The molecule has 2 aromatic carbocycles. The van der Waals surface area contributed by atoms with Gasteiger partial charge >= 0.3 is 0 Å². The first-order valence-electron chi connectivity index (χ1n) is 9.28. The molecule has 1 aliphatic rings. The maximum Gasteiger partial charge on any atom is 0.251 e. The normalized spacial score (nSPS) is 16.0. The molecule has 1 heterocycles. The Morgan fingerprint density at radius 1 is 1.11 bits per heavy atom. The molecule has 1 saturated heterocycles. The van der Waals surface area contributed by atoms with E-state index < -0.39 is 0 Å². The van der Waals surface area contributed by atoms with Crippen LogP contribution in [0.15, 0.2) is 48.5 Å². The van der Waals surface area contributed by atoms with Gasteiger partial charge in [-0.15, -0.1) is 0 Å². The van der Waals surface area contributed by atoms with E-state index in [4.69, 9.17) is 16.3 Å². The highest BCUT2D eigenvalue weighted by Gasteiger charge is 2.27. The molecule has 0 saturated carbocycles. The van der Waals surface area contributed by atoms with Crippen molar-refractivity contribution in [2.75, 3.05) is 51.8 Å². The van der Waals surface area contributed by atoms with Crippen LogP contribution in [0.4, 0.5) is 5.69 Å². The van der Waals surface area contributed by atoms with Crippen LogP contribution in [-0.2, 0) is 4.74 Å². The Labute approximate surface area is 165 Å². The fraction of sp³-hybridized carbons (Fsp3) is 0.381. The van der Waals surface area contributed by atoms with Gasteiger partial charge in [-0.2, -0.15) is 0 Å². The highest BCUT2D eigenvalue weighted by atomic mass is 35.5. The third-order valence-electron chi connectivity index (χ3n) is 5.01. The van der Waals surface area contributed by atoms with E-state index in [1.165, 1.54) is 16.2 Å². The number of nitrogens with zero attached hydrogens (tertiary/aromatic N) is 1. The zero-order chi connectivity index (χ0) is 19.2. The maximum atomic E-state index is 12.5. The molecule has 5 nitrogen and oxygen atoms in total. The predicted octanol–water partition coefficient (Wildman–Crippen LogP) is 1.79. The average Bonchev–Trinajstić information content (AvgIpc) is 2.69. The summed E-state index contributed by atoms with van der Waals surface area (Å²) < 4.78 is 5.52. The molecule has 6 heteroatoms. The molecule has 0 unspecified atom stereocenters. The Kier molecular flexibility index (Phi) is 6.72. The molecule has 0 aromatic heterocycles. The first-order chi connectivity index (χ1) is 13.0. The molecule has 27 heavy (non-hydrogen) atoms. The van der Waals surface area contributed by atoms with Gasteiger partial charge < -0.3 is 19.9 Å². The molecule has 1 fully saturated rings. The van der Waals surface area contributed by atoms with E-state index in [1.807, 2.05) is 14.1 Å². The van der Waals surface area contributed by atoms with E-state index in [0.29, 0.717) is 17.1 Å². The van der Waals surface area contributed by atoms with Gasteiger partial charge in [0, 0.05) is 35.9 Å². The molecule has 1 aliphatic heterocycles. The number of halogens is 1. The largest absolute Gasteiger partial charge is 0.378 e. The summed E-state index contributed by atoms with van der Waals surface area (Å²) in [6.07, 6.45) is 0. The van der Waals surface area contributed by atoms with Crippen LogP contribution in [0, 0.1) is 0 Å². The second-order valence-corrected chi connectivity index (χ2v) is 7.46. The zero-order valence-corrected chi connectivity index (χ0v) is 16.6. The Morgan fingerprint density at radius 2 is 1.74 bits per heavy atom. The van der Waals surface area contributed by atoms with Crippen molar-refractivity contribution in [3.05, 3.63) is 64.7 Å². The predicted molar refractivity (Wildman–Crippen MR) is 109 cm³/mol. The lowest BCUT2D eigenvalue weighted by Gasteiger charge is -2.32. The number of carbonyl (C=O) groups excluding carboxylic acids is 1. The van der Waals surface area contributed by atoms with Gasteiger partial charge in [0.15, 0.2) is 0 Å².